The van der Waals surface area contributed by atoms with Crippen molar-refractivity contribution in [1.29, 1.82) is 0 Å². The van der Waals surface area contributed by atoms with E-state index in [9.17, 15) is 14.4 Å². The molecule has 28 heavy (non-hydrogen) atoms. The Balaban J connectivity index is 1.62. The van der Waals surface area contributed by atoms with E-state index < -0.39 is 0 Å². The molecular formula is C22H32N2O4. The molecule has 0 spiro atoms. The summed E-state index contributed by atoms with van der Waals surface area (Å²) in [5, 5.41) is 3.06. The number of hydrogen-bond acceptors (Lipinski definition) is 4. The van der Waals surface area contributed by atoms with Crippen LogP contribution in [0.4, 0.5) is 0 Å². The van der Waals surface area contributed by atoms with E-state index in [1.807, 2.05) is 32.0 Å². The minimum atomic E-state index is 0.0311. The largest absolute Gasteiger partial charge is 0.493 e. The summed E-state index contributed by atoms with van der Waals surface area (Å²) in [6.07, 6.45) is 3.21. The Morgan fingerprint density at radius 1 is 1.07 bits per heavy atom. The van der Waals surface area contributed by atoms with E-state index >= 15 is 0 Å². The molecule has 1 heterocycles. The number of amides is 2. The smallest absolute Gasteiger partial charge is 0.223 e. The van der Waals surface area contributed by atoms with Crippen LogP contribution in [0.2, 0.25) is 0 Å². The van der Waals surface area contributed by atoms with Crippen molar-refractivity contribution in [1.82, 2.24) is 10.2 Å². The fraction of sp³-hybridized carbons (Fsp3) is 0.591. The first-order valence-electron chi connectivity index (χ1n) is 10.1. The van der Waals surface area contributed by atoms with Gasteiger partial charge in [-0.1, -0.05) is 18.2 Å². The second kappa shape index (κ2) is 10.8. The average Bonchev–Trinajstić information content (AvgIpc) is 2.65. The third kappa shape index (κ3) is 6.98. The van der Waals surface area contributed by atoms with Gasteiger partial charge in [-0.05, 0) is 51.2 Å². The van der Waals surface area contributed by atoms with Gasteiger partial charge in [-0.2, -0.15) is 0 Å². The van der Waals surface area contributed by atoms with Crippen LogP contribution in [0.1, 0.15) is 56.6 Å². The van der Waals surface area contributed by atoms with Crippen molar-refractivity contribution < 1.29 is 19.1 Å². The fourth-order valence-electron chi connectivity index (χ4n) is 3.45. The van der Waals surface area contributed by atoms with Gasteiger partial charge in [0.25, 0.3) is 0 Å². The highest BCUT2D eigenvalue weighted by atomic mass is 16.5. The van der Waals surface area contributed by atoms with Crippen molar-refractivity contribution >= 4 is 17.6 Å². The van der Waals surface area contributed by atoms with E-state index in [1.165, 1.54) is 6.92 Å². The van der Waals surface area contributed by atoms with E-state index in [-0.39, 0.29) is 30.1 Å². The lowest BCUT2D eigenvalue weighted by molar-refractivity contribution is -0.134. The number of nitrogens with one attached hydrogen (secondary N) is 1. The molecule has 2 rings (SSSR count). The summed E-state index contributed by atoms with van der Waals surface area (Å²) in [5.74, 6) is 1.01. The van der Waals surface area contributed by atoms with Crippen LogP contribution in [-0.2, 0) is 14.4 Å². The van der Waals surface area contributed by atoms with Gasteiger partial charge in [-0.25, -0.2) is 0 Å². The SMILES string of the molecule is CC(=O)CCC(=O)N1CCC(NC(=O)CCCOc2c(C)cccc2C)CC1. The van der Waals surface area contributed by atoms with Crippen molar-refractivity contribution in [3.63, 3.8) is 0 Å². The molecule has 1 aliphatic rings. The highest BCUT2D eigenvalue weighted by molar-refractivity contribution is 5.83. The summed E-state index contributed by atoms with van der Waals surface area (Å²) in [6, 6.07) is 6.16. The van der Waals surface area contributed by atoms with Gasteiger partial charge >= 0.3 is 0 Å². The zero-order valence-electron chi connectivity index (χ0n) is 17.3. The topological polar surface area (TPSA) is 75.7 Å². The number of Topliss-reactive ketones (excluding diaryl/α,β-unsaturated/α-hetero) is 1. The van der Waals surface area contributed by atoms with Crippen molar-refractivity contribution in [2.75, 3.05) is 19.7 Å². The number of piperidine rings is 1. The molecule has 6 nitrogen and oxygen atoms in total. The lowest BCUT2D eigenvalue weighted by Crippen LogP contribution is -2.46. The molecular weight excluding hydrogens is 356 g/mol. The molecule has 1 aromatic carbocycles. The maximum absolute atomic E-state index is 12.2. The molecule has 0 unspecified atom stereocenters. The molecule has 154 valence electrons. The summed E-state index contributed by atoms with van der Waals surface area (Å²) < 4.78 is 5.84. The fourth-order valence-corrected chi connectivity index (χ4v) is 3.45. The molecule has 0 atom stereocenters. The number of aryl methyl sites for hydroxylation is 2. The molecule has 2 amide bonds. The number of ketones is 1. The Kier molecular flexibility index (Phi) is 8.48. The minimum absolute atomic E-state index is 0.0311. The summed E-state index contributed by atoms with van der Waals surface area (Å²) in [7, 11) is 0. The van der Waals surface area contributed by atoms with Crippen LogP contribution in [0.15, 0.2) is 18.2 Å². The maximum atomic E-state index is 12.2. The van der Waals surface area contributed by atoms with Crippen molar-refractivity contribution in [3.05, 3.63) is 29.3 Å². The van der Waals surface area contributed by atoms with Gasteiger partial charge in [0.1, 0.15) is 11.5 Å². The van der Waals surface area contributed by atoms with Crippen LogP contribution in [0.3, 0.4) is 0 Å². The number of likely N-dealkylation sites (tertiary alicyclic amines) is 1. The zero-order valence-corrected chi connectivity index (χ0v) is 17.3. The molecule has 1 aliphatic heterocycles. The molecule has 0 aromatic heterocycles. The van der Waals surface area contributed by atoms with Gasteiger partial charge in [0.2, 0.25) is 11.8 Å². The van der Waals surface area contributed by atoms with Gasteiger partial charge in [-0.3, -0.25) is 9.59 Å². The van der Waals surface area contributed by atoms with Crippen molar-refractivity contribution in [2.45, 2.75) is 65.3 Å². The normalized spacial score (nSPS) is 14.6. The highest BCUT2D eigenvalue weighted by Crippen LogP contribution is 2.22. The predicted octanol–water partition coefficient (Wildman–Crippen LogP) is 2.94. The van der Waals surface area contributed by atoms with E-state index in [0.29, 0.717) is 39.0 Å². The van der Waals surface area contributed by atoms with Crippen LogP contribution in [-0.4, -0.2) is 48.2 Å². The third-order valence-electron chi connectivity index (χ3n) is 5.11. The number of nitrogens with zero attached hydrogens (tertiary/aromatic N) is 1. The van der Waals surface area contributed by atoms with E-state index in [4.69, 9.17) is 4.74 Å². The molecule has 0 bridgehead atoms. The number of carbonyl (C=O) groups is 3. The van der Waals surface area contributed by atoms with Crippen LogP contribution < -0.4 is 10.1 Å². The lowest BCUT2D eigenvalue weighted by atomic mass is 10.0. The van der Waals surface area contributed by atoms with E-state index in [1.54, 1.807) is 4.90 Å². The molecule has 0 aliphatic carbocycles. The van der Waals surface area contributed by atoms with Crippen LogP contribution >= 0.6 is 0 Å². The van der Waals surface area contributed by atoms with Gasteiger partial charge in [0, 0.05) is 38.4 Å². The summed E-state index contributed by atoms with van der Waals surface area (Å²) >= 11 is 0. The van der Waals surface area contributed by atoms with Crippen LogP contribution in [0, 0.1) is 13.8 Å². The maximum Gasteiger partial charge on any atom is 0.223 e. The number of para-hydroxylation sites is 1. The Bertz CT molecular complexity index is 674. The molecule has 1 saturated heterocycles. The predicted molar refractivity (Wildman–Crippen MR) is 108 cm³/mol. The monoisotopic (exact) mass is 388 g/mol. The quantitative estimate of drug-likeness (QED) is 0.660. The van der Waals surface area contributed by atoms with E-state index in [2.05, 4.69) is 5.32 Å². The molecule has 6 heteroatoms. The molecule has 1 fully saturated rings. The van der Waals surface area contributed by atoms with Gasteiger partial charge in [-0.15, -0.1) is 0 Å². The highest BCUT2D eigenvalue weighted by Gasteiger charge is 2.23. The second-order valence-electron chi connectivity index (χ2n) is 7.60. The summed E-state index contributed by atoms with van der Waals surface area (Å²) in [5.41, 5.74) is 2.21. The zero-order chi connectivity index (χ0) is 20.5. The molecule has 1 aromatic rings. The first kappa shape index (κ1) is 21.9. The first-order valence-corrected chi connectivity index (χ1v) is 10.1. The number of ether oxygens (including phenoxy) is 1. The Hall–Kier alpha value is -2.37. The number of carbonyl (C=O) groups excluding carboxylic acids is 3. The van der Waals surface area contributed by atoms with Crippen molar-refractivity contribution in [2.24, 2.45) is 0 Å². The summed E-state index contributed by atoms with van der Waals surface area (Å²) in [6.45, 7) is 7.33. The van der Waals surface area contributed by atoms with E-state index in [0.717, 1.165) is 29.7 Å². The van der Waals surface area contributed by atoms with Gasteiger partial charge in [0.05, 0.1) is 6.61 Å². The van der Waals surface area contributed by atoms with Crippen LogP contribution in [0.5, 0.6) is 5.75 Å². The van der Waals surface area contributed by atoms with Gasteiger partial charge < -0.3 is 19.7 Å². The number of rotatable bonds is 9. The third-order valence-corrected chi connectivity index (χ3v) is 5.11. The van der Waals surface area contributed by atoms with Crippen LogP contribution in [0.25, 0.3) is 0 Å². The minimum Gasteiger partial charge on any atom is -0.493 e. The molecule has 0 radical (unpaired) electrons. The standard InChI is InChI=1S/C22H32N2O4/c1-16-6-4-7-17(2)22(16)28-15-5-8-20(26)23-19-11-13-24(14-12-19)21(27)10-9-18(3)25/h4,6-7,19H,5,8-15H2,1-3H3,(H,23,26). The molecule has 0 saturated carbocycles. The Morgan fingerprint density at radius 3 is 2.32 bits per heavy atom. The summed E-state index contributed by atoms with van der Waals surface area (Å²) in [4.78, 5) is 37.0. The first-order chi connectivity index (χ1) is 13.4. The number of hydrogen-bond donors (Lipinski definition) is 1. The number of benzene rings is 1. The average molecular weight is 389 g/mol. The Morgan fingerprint density at radius 2 is 1.71 bits per heavy atom. The second-order valence-corrected chi connectivity index (χ2v) is 7.60. The Labute approximate surface area is 167 Å². The molecule has 1 N–H and O–H groups in total. The van der Waals surface area contributed by atoms with Crippen molar-refractivity contribution in [3.8, 4) is 5.75 Å². The van der Waals surface area contributed by atoms with Gasteiger partial charge in [0.15, 0.2) is 0 Å². The lowest BCUT2D eigenvalue weighted by Gasteiger charge is -2.32.